The molecule has 24 heavy (non-hydrogen) atoms. The molecular formula is C19H20FNO2S. The Bertz CT molecular complexity index is 686. The molecule has 0 aromatic heterocycles. The Hall–Kier alpha value is -1.85. The minimum atomic E-state index is -0.411. The minimum absolute atomic E-state index is 0.0877. The molecule has 0 spiro atoms. The third-order valence-corrected chi connectivity index (χ3v) is 5.60. The highest BCUT2D eigenvalue weighted by atomic mass is 32.2. The number of halogens is 1. The van der Waals surface area contributed by atoms with Gasteiger partial charge in [-0.25, -0.2) is 4.39 Å². The Labute approximate surface area is 145 Å². The largest absolute Gasteiger partial charge is 0.396 e. The van der Waals surface area contributed by atoms with Crippen LogP contribution in [0.1, 0.15) is 23.7 Å². The normalized spacial score (nSPS) is 16.4. The maximum atomic E-state index is 13.1. The number of benzene rings is 2. The van der Waals surface area contributed by atoms with E-state index >= 15 is 0 Å². The standard InChI is InChI=1S/C19H20FNO2S/c20-15-6-8-16(9-7-15)24-17(14-4-2-1-3-5-14)18(23)21-12-19(13-22)10-11-19/h1-9,17,22H,10-13H2,(H,21,23). The smallest absolute Gasteiger partial charge is 0.238 e. The van der Waals surface area contributed by atoms with Crippen molar-refractivity contribution in [1.82, 2.24) is 5.32 Å². The second-order valence-electron chi connectivity index (χ2n) is 6.24. The van der Waals surface area contributed by atoms with Crippen LogP contribution in [0.4, 0.5) is 4.39 Å². The lowest BCUT2D eigenvalue weighted by molar-refractivity contribution is -0.121. The molecule has 1 amide bonds. The predicted molar refractivity (Wildman–Crippen MR) is 93.2 cm³/mol. The lowest BCUT2D eigenvalue weighted by Gasteiger charge is -2.19. The van der Waals surface area contributed by atoms with Gasteiger partial charge in [0.25, 0.3) is 0 Å². The Morgan fingerprint density at radius 2 is 1.83 bits per heavy atom. The van der Waals surface area contributed by atoms with E-state index in [4.69, 9.17) is 0 Å². The van der Waals surface area contributed by atoms with E-state index in [1.165, 1.54) is 23.9 Å². The van der Waals surface area contributed by atoms with Gasteiger partial charge in [-0.15, -0.1) is 11.8 Å². The number of aliphatic hydroxyl groups is 1. The van der Waals surface area contributed by atoms with Crippen LogP contribution < -0.4 is 5.32 Å². The first kappa shape index (κ1) is 17.0. The zero-order valence-corrected chi connectivity index (χ0v) is 14.1. The molecule has 1 unspecified atom stereocenters. The Balaban J connectivity index is 1.74. The summed E-state index contributed by atoms with van der Waals surface area (Å²) in [5.74, 6) is -0.381. The highest BCUT2D eigenvalue weighted by Crippen LogP contribution is 2.44. The van der Waals surface area contributed by atoms with E-state index in [1.54, 1.807) is 12.1 Å². The first-order valence-corrected chi connectivity index (χ1v) is 8.86. The topological polar surface area (TPSA) is 49.3 Å². The van der Waals surface area contributed by atoms with Gasteiger partial charge in [-0.05, 0) is 42.7 Å². The van der Waals surface area contributed by atoms with Crippen molar-refractivity contribution in [2.75, 3.05) is 13.2 Å². The summed E-state index contributed by atoms with van der Waals surface area (Å²) >= 11 is 1.40. The number of nitrogens with one attached hydrogen (secondary N) is 1. The van der Waals surface area contributed by atoms with Gasteiger partial charge in [0, 0.05) is 16.9 Å². The van der Waals surface area contributed by atoms with Gasteiger partial charge in [0.05, 0.1) is 6.61 Å². The molecule has 3 nitrogen and oxygen atoms in total. The number of carbonyl (C=O) groups excluding carboxylic acids is 1. The number of hydrogen-bond acceptors (Lipinski definition) is 3. The molecule has 3 rings (SSSR count). The number of aliphatic hydroxyl groups excluding tert-OH is 1. The Kier molecular flexibility index (Phi) is 5.21. The van der Waals surface area contributed by atoms with E-state index in [0.717, 1.165) is 23.3 Å². The second-order valence-corrected chi connectivity index (χ2v) is 7.42. The lowest BCUT2D eigenvalue weighted by Crippen LogP contribution is -2.34. The van der Waals surface area contributed by atoms with Crippen LogP contribution in [0.25, 0.3) is 0 Å². The maximum Gasteiger partial charge on any atom is 0.238 e. The third-order valence-electron chi connectivity index (χ3n) is 4.34. The van der Waals surface area contributed by atoms with Crippen LogP contribution in [0.3, 0.4) is 0 Å². The molecule has 1 atom stereocenters. The summed E-state index contributed by atoms with van der Waals surface area (Å²) in [4.78, 5) is 13.6. The molecule has 2 aromatic rings. The van der Waals surface area contributed by atoms with Gasteiger partial charge in [-0.3, -0.25) is 4.79 Å². The van der Waals surface area contributed by atoms with Crippen molar-refractivity contribution < 1.29 is 14.3 Å². The Morgan fingerprint density at radius 3 is 2.42 bits per heavy atom. The number of rotatable bonds is 7. The van der Waals surface area contributed by atoms with Crippen LogP contribution in [-0.2, 0) is 4.79 Å². The fourth-order valence-electron chi connectivity index (χ4n) is 2.48. The highest BCUT2D eigenvalue weighted by molar-refractivity contribution is 8.00. The number of amides is 1. The fourth-order valence-corrected chi connectivity index (χ4v) is 3.53. The van der Waals surface area contributed by atoms with Gasteiger partial charge in [0.1, 0.15) is 11.1 Å². The average Bonchev–Trinajstić information content (AvgIpc) is 3.40. The van der Waals surface area contributed by atoms with Crippen LogP contribution in [0, 0.1) is 11.2 Å². The molecule has 2 aromatic carbocycles. The van der Waals surface area contributed by atoms with Gasteiger partial charge >= 0.3 is 0 Å². The first-order valence-electron chi connectivity index (χ1n) is 7.98. The summed E-state index contributed by atoms with van der Waals surface area (Å²) in [6, 6.07) is 15.7. The van der Waals surface area contributed by atoms with Crippen LogP contribution >= 0.6 is 11.8 Å². The van der Waals surface area contributed by atoms with Crippen molar-refractivity contribution in [1.29, 1.82) is 0 Å². The van der Waals surface area contributed by atoms with Gasteiger partial charge in [0.2, 0.25) is 5.91 Å². The summed E-state index contributed by atoms with van der Waals surface area (Å²) in [6.45, 7) is 0.601. The lowest BCUT2D eigenvalue weighted by atomic mass is 10.1. The van der Waals surface area contributed by atoms with E-state index in [9.17, 15) is 14.3 Å². The molecule has 1 saturated carbocycles. The number of hydrogen-bond donors (Lipinski definition) is 2. The van der Waals surface area contributed by atoms with Gasteiger partial charge in [0.15, 0.2) is 0 Å². The molecule has 2 N–H and O–H groups in total. The molecular weight excluding hydrogens is 325 g/mol. The average molecular weight is 345 g/mol. The molecule has 126 valence electrons. The first-order chi connectivity index (χ1) is 11.6. The number of carbonyl (C=O) groups is 1. The van der Waals surface area contributed by atoms with E-state index in [-0.39, 0.29) is 23.7 Å². The zero-order valence-electron chi connectivity index (χ0n) is 13.2. The van der Waals surface area contributed by atoms with Gasteiger partial charge in [-0.2, -0.15) is 0 Å². The maximum absolute atomic E-state index is 13.1. The summed E-state index contributed by atoms with van der Waals surface area (Å²) in [7, 11) is 0. The minimum Gasteiger partial charge on any atom is -0.396 e. The second kappa shape index (κ2) is 7.36. The summed E-state index contributed by atoms with van der Waals surface area (Å²) < 4.78 is 13.1. The molecule has 0 heterocycles. The molecule has 0 aliphatic heterocycles. The van der Waals surface area contributed by atoms with Crippen molar-refractivity contribution >= 4 is 17.7 Å². The van der Waals surface area contributed by atoms with Crippen LogP contribution in [0.15, 0.2) is 59.5 Å². The fraction of sp³-hybridized carbons (Fsp3) is 0.316. The Morgan fingerprint density at radius 1 is 1.17 bits per heavy atom. The SMILES string of the molecule is O=C(NCC1(CO)CC1)C(Sc1ccc(F)cc1)c1ccccc1. The third kappa shape index (κ3) is 4.16. The molecule has 5 heteroatoms. The highest BCUT2D eigenvalue weighted by Gasteiger charge is 2.42. The van der Waals surface area contributed by atoms with E-state index < -0.39 is 5.25 Å². The summed E-state index contributed by atoms with van der Waals surface area (Å²) in [5.41, 5.74) is 0.774. The summed E-state index contributed by atoms with van der Waals surface area (Å²) in [6.07, 6.45) is 1.90. The van der Waals surface area contributed by atoms with Crippen molar-refractivity contribution in [3.63, 3.8) is 0 Å². The van der Waals surface area contributed by atoms with Gasteiger partial charge in [-0.1, -0.05) is 30.3 Å². The molecule has 0 saturated heterocycles. The van der Waals surface area contributed by atoms with Crippen LogP contribution in [-0.4, -0.2) is 24.2 Å². The van der Waals surface area contributed by atoms with Crippen molar-refractivity contribution in [3.05, 3.63) is 66.0 Å². The van der Waals surface area contributed by atoms with E-state index in [0.29, 0.717) is 6.54 Å². The number of thioether (sulfide) groups is 1. The van der Waals surface area contributed by atoms with Crippen molar-refractivity contribution in [2.24, 2.45) is 5.41 Å². The molecule has 0 bridgehead atoms. The van der Waals surface area contributed by atoms with Crippen LogP contribution in [0.5, 0.6) is 0 Å². The van der Waals surface area contributed by atoms with Crippen molar-refractivity contribution in [2.45, 2.75) is 23.0 Å². The predicted octanol–water partition coefficient (Wildman–Crippen LogP) is 3.55. The van der Waals surface area contributed by atoms with Gasteiger partial charge < -0.3 is 10.4 Å². The molecule has 1 fully saturated rings. The zero-order chi connectivity index (χ0) is 17.0. The molecule has 0 radical (unpaired) electrons. The van der Waals surface area contributed by atoms with E-state index in [1.807, 2.05) is 30.3 Å². The quantitative estimate of drug-likeness (QED) is 0.755. The molecule has 1 aliphatic carbocycles. The monoisotopic (exact) mass is 345 g/mol. The van der Waals surface area contributed by atoms with Crippen LogP contribution in [0.2, 0.25) is 0 Å². The molecule has 1 aliphatic rings. The van der Waals surface area contributed by atoms with E-state index in [2.05, 4.69) is 5.32 Å². The summed E-state index contributed by atoms with van der Waals surface area (Å²) in [5, 5.41) is 12.0. The van der Waals surface area contributed by atoms with Crippen molar-refractivity contribution in [3.8, 4) is 0 Å².